The van der Waals surface area contributed by atoms with E-state index >= 15 is 0 Å². The fraction of sp³-hybridized carbons (Fsp3) is 0.471. The molecule has 6 heteroatoms. The predicted octanol–water partition coefficient (Wildman–Crippen LogP) is 2.57. The van der Waals surface area contributed by atoms with Crippen molar-refractivity contribution in [1.82, 2.24) is 24.3 Å². The van der Waals surface area contributed by atoms with Gasteiger partial charge in [-0.05, 0) is 18.4 Å². The summed E-state index contributed by atoms with van der Waals surface area (Å²) in [6.07, 6.45) is 7.25. The summed E-state index contributed by atoms with van der Waals surface area (Å²) in [7, 11) is 0. The van der Waals surface area contributed by atoms with E-state index in [1.807, 2.05) is 30.3 Å². The first-order chi connectivity index (χ1) is 11.2. The van der Waals surface area contributed by atoms with Gasteiger partial charge in [-0.3, -0.25) is 9.20 Å². The molecule has 6 nitrogen and oxygen atoms in total. The minimum atomic E-state index is 0.240. The molecule has 1 N–H and O–H groups in total. The molecule has 0 bridgehead atoms. The Labute approximate surface area is 134 Å². The van der Waals surface area contributed by atoms with Gasteiger partial charge in [-0.2, -0.15) is 0 Å². The molecule has 0 aliphatic carbocycles. The number of aromatic nitrogens is 4. The zero-order chi connectivity index (χ0) is 16.0. The van der Waals surface area contributed by atoms with E-state index in [0.29, 0.717) is 18.3 Å². The van der Waals surface area contributed by atoms with Gasteiger partial charge in [-0.1, -0.05) is 13.8 Å². The van der Waals surface area contributed by atoms with Gasteiger partial charge in [0.2, 0.25) is 5.91 Å². The number of H-pyrrole nitrogens is 1. The Morgan fingerprint density at radius 1 is 1.39 bits per heavy atom. The number of likely N-dealkylation sites (tertiary alicyclic amines) is 1. The van der Waals surface area contributed by atoms with Gasteiger partial charge in [0, 0.05) is 43.5 Å². The summed E-state index contributed by atoms with van der Waals surface area (Å²) in [5.74, 6) is 1.07. The zero-order valence-electron chi connectivity index (χ0n) is 13.5. The topological polar surface area (TPSA) is 66.3 Å². The van der Waals surface area contributed by atoms with Crippen molar-refractivity contribution in [3.63, 3.8) is 0 Å². The molecule has 1 aliphatic heterocycles. The normalized spacial score (nSPS) is 22.1. The van der Waals surface area contributed by atoms with E-state index in [2.05, 4.69) is 26.3 Å². The molecule has 3 aromatic rings. The molecule has 3 aromatic heterocycles. The van der Waals surface area contributed by atoms with Crippen LogP contribution >= 0.6 is 0 Å². The molecular weight excluding hydrogens is 290 g/mol. The van der Waals surface area contributed by atoms with Crippen molar-refractivity contribution in [2.24, 2.45) is 5.92 Å². The standard InChI is InChI=1S/C17H21N5O/c1-3-16(23)21-7-5-11(2)12(10-21)14-8-19-15-9-20-17-13(22(14)15)4-6-18-17/h4,6,8-9,11-12,18H,3,5,7,10H2,1-2H3/t11-,12+/m1/s1. The van der Waals surface area contributed by atoms with Gasteiger partial charge in [0.05, 0.1) is 11.7 Å². The fourth-order valence-electron chi connectivity index (χ4n) is 3.66. The average Bonchev–Trinajstić information content (AvgIpc) is 3.20. The van der Waals surface area contributed by atoms with Gasteiger partial charge < -0.3 is 9.88 Å². The highest BCUT2D eigenvalue weighted by molar-refractivity contribution is 5.76. The van der Waals surface area contributed by atoms with Crippen LogP contribution in [0.15, 0.2) is 24.7 Å². The highest BCUT2D eigenvalue weighted by Crippen LogP contribution is 2.33. The smallest absolute Gasteiger partial charge is 0.222 e. The Balaban J connectivity index is 1.80. The van der Waals surface area contributed by atoms with Crippen LogP contribution < -0.4 is 0 Å². The van der Waals surface area contributed by atoms with Crippen molar-refractivity contribution in [1.29, 1.82) is 0 Å². The zero-order valence-corrected chi connectivity index (χ0v) is 13.5. The van der Waals surface area contributed by atoms with Crippen molar-refractivity contribution >= 4 is 22.7 Å². The first-order valence-electron chi connectivity index (χ1n) is 8.26. The van der Waals surface area contributed by atoms with Crippen LogP contribution in [0.1, 0.15) is 38.3 Å². The molecule has 0 spiro atoms. The van der Waals surface area contributed by atoms with Crippen molar-refractivity contribution in [3.05, 3.63) is 30.4 Å². The number of fused-ring (bicyclic) bond motifs is 3. The molecule has 0 unspecified atom stereocenters. The van der Waals surface area contributed by atoms with Gasteiger partial charge in [0.15, 0.2) is 11.3 Å². The summed E-state index contributed by atoms with van der Waals surface area (Å²) in [4.78, 5) is 26.2. The molecule has 0 radical (unpaired) electrons. The van der Waals surface area contributed by atoms with E-state index in [-0.39, 0.29) is 5.91 Å². The van der Waals surface area contributed by atoms with Crippen LogP contribution in [0, 0.1) is 5.92 Å². The quantitative estimate of drug-likeness (QED) is 0.791. The number of carbonyl (C=O) groups is 1. The molecule has 1 saturated heterocycles. The number of rotatable bonds is 2. The lowest BCUT2D eigenvalue weighted by molar-refractivity contribution is -0.132. The third kappa shape index (κ3) is 2.20. The number of nitrogens with one attached hydrogen (secondary N) is 1. The lowest BCUT2D eigenvalue weighted by Gasteiger charge is -2.37. The van der Waals surface area contributed by atoms with E-state index < -0.39 is 0 Å². The second-order valence-corrected chi connectivity index (χ2v) is 6.41. The van der Waals surface area contributed by atoms with Crippen LogP contribution in [0.2, 0.25) is 0 Å². The van der Waals surface area contributed by atoms with Gasteiger partial charge in [-0.25, -0.2) is 9.97 Å². The molecule has 120 valence electrons. The Hall–Kier alpha value is -2.37. The Bertz CT molecular complexity index is 864. The maximum absolute atomic E-state index is 12.1. The first-order valence-corrected chi connectivity index (χ1v) is 8.26. The first kappa shape index (κ1) is 14.2. The van der Waals surface area contributed by atoms with Crippen LogP contribution in [-0.2, 0) is 4.79 Å². The summed E-state index contributed by atoms with van der Waals surface area (Å²) in [6, 6.07) is 2.03. The number of nitrogens with zero attached hydrogens (tertiary/aromatic N) is 4. The Morgan fingerprint density at radius 2 is 2.26 bits per heavy atom. The van der Waals surface area contributed by atoms with Gasteiger partial charge in [-0.15, -0.1) is 0 Å². The summed E-state index contributed by atoms with van der Waals surface area (Å²) in [6.45, 7) is 5.84. The van der Waals surface area contributed by atoms with Crippen LogP contribution in [-0.4, -0.2) is 43.2 Å². The third-order valence-electron chi connectivity index (χ3n) is 5.06. The largest absolute Gasteiger partial charge is 0.345 e. The number of hydrogen-bond acceptors (Lipinski definition) is 3. The third-order valence-corrected chi connectivity index (χ3v) is 5.06. The molecule has 4 heterocycles. The molecule has 23 heavy (non-hydrogen) atoms. The lowest BCUT2D eigenvalue weighted by atomic mass is 9.84. The molecule has 0 aromatic carbocycles. The Kier molecular flexibility index (Phi) is 3.32. The van der Waals surface area contributed by atoms with Crippen molar-refractivity contribution in [2.45, 2.75) is 32.6 Å². The highest BCUT2D eigenvalue weighted by Gasteiger charge is 2.31. The SMILES string of the molecule is CCC(=O)N1CC[C@@H](C)[C@@H](c2cnc3cnc4[nH]ccc4n23)C1. The number of hydrogen-bond donors (Lipinski definition) is 1. The maximum Gasteiger partial charge on any atom is 0.222 e. The molecule has 2 atom stereocenters. The van der Waals surface area contributed by atoms with Crippen molar-refractivity contribution in [2.75, 3.05) is 13.1 Å². The monoisotopic (exact) mass is 311 g/mol. The lowest BCUT2D eigenvalue weighted by Crippen LogP contribution is -2.42. The fourth-order valence-corrected chi connectivity index (χ4v) is 3.66. The Morgan fingerprint density at radius 3 is 3.09 bits per heavy atom. The molecule has 4 rings (SSSR count). The summed E-state index contributed by atoms with van der Waals surface area (Å²) in [5.41, 5.74) is 3.94. The second kappa shape index (κ2) is 5.37. The van der Waals surface area contributed by atoms with Gasteiger partial charge in [0.1, 0.15) is 0 Å². The highest BCUT2D eigenvalue weighted by atomic mass is 16.2. The summed E-state index contributed by atoms with van der Waals surface area (Å²) < 4.78 is 2.18. The maximum atomic E-state index is 12.1. The van der Waals surface area contributed by atoms with E-state index in [0.717, 1.165) is 36.3 Å². The second-order valence-electron chi connectivity index (χ2n) is 6.41. The van der Waals surface area contributed by atoms with Crippen LogP contribution in [0.5, 0.6) is 0 Å². The van der Waals surface area contributed by atoms with E-state index in [1.165, 1.54) is 5.69 Å². The van der Waals surface area contributed by atoms with Gasteiger partial charge in [0.25, 0.3) is 0 Å². The summed E-state index contributed by atoms with van der Waals surface area (Å²) in [5, 5.41) is 0. The van der Waals surface area contributed by atoms with Crippen molar-refractivity contribution in [3.8, 4) is 0 Å². The molecule has 1 fully saturated rings. The number of piperidine rings is 1. The molecule has 1 amide bonds. The average molecular weight is 311 g/mol. The van der Waals surface area contributed by atoms with Crippen LogP contribution in [0.25, 0.3) is 16.8 Å². The molecule has 1 aliphatic rings. The van der Waals surface area contributed by atoms with Crippen LogP contribution in [0.4, 0.5) is 0 Å². The predicted molar refractivity (Wildman–Crippen MR) is 88.2 cm³/mol. The minimum absolute atomic E-state index is 0.240. The number of imidazole rings is 1. The summed E-state index contributed by atoms with van der Waals surface area (Å²) >= 11 is 0. The number of carbonyl (C=O) groups excluding carboxylic acids is 1. The van der Waals surface area contributed by atoms with E-state index in [4.69, 9.17) is 0 Å². The number of aromatic amines is 1. The van der Waals surface area contributed by atoms with E-state index in [1.54, 1.807) is 6.20 Å². The number of amides is 1. The van der Waals surface area contributed by atoms with Crippen molar-refractivity contribution < 1.29 is 4.79 Å². The van der Waals surface area contributed by atoms with Gasteiger partial charge >= 0.3 is 0 Å². The van der Waals surface area contributed by atoms with Crippen LogP contribution in [0.3, 0.4) is 0 Å². The molecular formula is C17H21N5O. The van der Waals surface area contributed by atoms with E-state index in [9.17, 15) is 4.79 Å². The minimum Gasteiger partial charge on any atom is -0.345 e. The molecule has 0 saturated carbocycles.